The van der Waals surface area contributed by atoms with E-state index >= 15 is 0 Å². The van der Waals surface area contributed by atoms with Crippen LogP contribution < -0.4 is 0 Å². The summed E-state index contributed by atoms with van der Waals surface area (Å²) in [6.45, 7) is 52.8. The van der Waals surface area contributed by atoms with Gasteiger partial charge in [0.2, 0.25) is 11.8 Å². The molecule has 0 spiro atoms. The fourth-order valence-electron chi connectivity index (χ4n) is 17.7. The summed E-state index contributed by atoms with van der Waals surface area (Å²) in [5, 5.41) is 22.0. The van der Waals surface area contributed by atoms with E-state index in [2.05, 4.69) is 520 Å². The molecule has 8 heterocycles. The molecule has 0 bridgehead atoms. The lowest BCUT2D eigenvalue weighted by Gasteiger charge is -2.24. The van der Waals surface area contributed by atoms with E-state index in [0.29, 0.717) is 11.8 Å². The first-order valence-corrected chi connectivity index (χ1v) is 52.0. The van der Waals surface area contributed by atoms with E-state index < -0.39 is 0 Å². The SMILES string of the molecule is CC(C)(C)c1ccc(-c2cc(-c3ccccc3)c3ccccc3n2)cc1.CC(C)(C)c1ccc(-c2ccc3ccccc3n2)cc1.CC(C)(C)c1ccc(-c2cccnc2)cc1.CC(C)(C)c1cccc(-c2cccnc2)c1.CC(C)(C)c1nc2ccccc2n1-c1ccccc1.CC(C)(C)c1nnc(-c2ccccc2)n1-c1ccccc1.CC(C)(C)c1nnc(-c2ccccc2)o1.CC(C)(C)n1c2ccccc2c2ccccc21. The predicted octanol–water partition coefficient (Wildman–Crippen LogP) is 36.3. The molecule has 14 aromatic carbocycles. The lowest BCUT2D eigenvalue weighted by atomic mass is 9.85. The molecule has 0 radical (unpaired) electrons. The molecule has 0 saturated heterocycles. The minimum atomic E-state index is -0.0972. The van der Waals surface area contributed by atoms with Gasteiger partial charge < -0.3 is 8.98 Å². The molecule has 13 nitrogen and oxygen atoms in total. The van der Waals surface area contributed by atoms with Crippen molar-refractivity contribution in [2.75, 3.05) is 0 Å². The summed E-state index contributed by atoms with van der Waals surface area (Å²) >= 11 is 0. The Morgan fingerprint density at radius 1 is 0.227 bits per heavy atom. The third-order valence-corrected chi connectivity index (χ3v) is 25.9. The molecule has 0 unspecified atom stereocenters. The number of hydrogen-bond donors (Lipinski definition) is 0. The number of pyridine rings is 4. The van der Waals surface area contributed by atoms with E-state index in [1.807, 2.05) is 116 Å². The van der Waals surface area contributed by atoms with Crippen LogP contribution in [0.15, 0.2) is 442 Å². The molecule has 0 aliphatic rings. The minimum absolute atomic E-state index is 0.00879. The molecule has 22 rings (SSSR count). The second-order valence-corrected chi connectivity index (χ2v) is 46.2. The van der Waals surface area contributed by atoms with Crippen molar-refractivity contribution in [1.29, 1.82) is 0 Å². The van der Waals surface area contributed by atoms with Crippen LogP contribution in [0.1, 0.15) is 206 Å². The summed E-state index contributed by atoms with van der Waals surface area (Å²) < 4.78 is 12.4. The van der Waals surface area contributed by atoms with E-state index in [4.69, 9.17) is 19.4 Å². The van der Waals surface area contributed by atoms with Crippen LogP contribution in [0.25, 0.3) is 145 Å². The van der Waals surface area contributed by atoms with Gasteiger partial charge in [0.05, 0.1) is 33.5 Å². The molecule has 8 aromatic heterocycles. The third kappa shape index (κ3) is 27.6. The number of benzene rings is 14. The second kappa shape index (κ2) is 46.9. The topological polar surface area (TPSA) is 144 Å². The second-order valence-electron chi connectivity index (χ2n) is 46.2. The van der Waals surface area contributed by atoms with Crippen molar-refractivity contribution in [3.63, 3.8) is 0 Å². The highest BCUT2D eigenvalue weighted by atomic mass is 16.4. The summed E-state index contributed by atoms with van der Waals surface area (Å²) in [4.78, 5) is 22.8. The van der Waals surface area contributed by atoms with Gasteiger partial charge in [0.1, 0.15) is 11.6 Å². The van der Waals surface area contributed by atoms with Crippen molar-refractivity contribution in [3.05, 3.63) is 477 Å². The molecule has 0 saturated carbocycles. The van der Waals surface area contributed by atoms with Crippen LogP contribution in [0.2, 0.25) is 0 Å². The van der Waals surface area contributed by atoms with Crippen molar-refractivity contribution in [2.45, 2.75) is 210 Å². The molecule has 0 N–H and O–H groups in total. The quantitative estimate of drug-likeness (QED) is 0.137. The smallest absolute Gasteiger partial charge is 0.247 e. The lowest BCUT2D eigenvalue weighted by molar-refractivity contribution is 0.399. The van der Waals surface area contributed by atoms with Crippen LogP contribution in [0.3, 0.4) is 0 Å². The Morgan fingerprint density at radius 3 is 1.10 bits per heavy atom. The van der Waals surface area contributed by atoms with E-state index in [0.717, 1.165) is 67.8 Å². The van der Waals surface area contributed by atoms with Gasteiger partial charge in [-0.1, -0.05) is 461 Å². The van der Waals surface area contributed by atoms with Gasteiger partial charge in [-0.25, -0.2) is 15.0 Å². The molecule has 0 atom stereocenters. The van der Waals surface area contributed by atoms with Crippen molar-refractivity contribution < 1.29 is 4.42 Å². The summed E-state index contributed by atoms with van der Waals surface area (Å²) in [5.41, 5.74) is 28.9. The first-order chi connectivity index (χ1) is 71.5. The molecule has 758 valence electrons. The zero-order valence-corrected chi connectivity index (χ0v) is 91.8. The molecule has 0 amide bonds. The zero-order valence-electron chi connectivity index (χ0n) is 91.8. The highest BCUT2D eigenvalue weighted by molar-refractivity contribution is 6.08. The van der Waals surface area contributed by atoms with Gasteiger partial charge in [0, 0.05) is 113 Å². The van der Waals surface area contributed by atoms with Gasteiger partial charge in [0.15, 0.2) is 5.82 Å². The van der Waals surface area contributed by atoms with Gasteiger partial charge in [-0.15, -0.1) is 20.4 Å². The predicted molar refractivity (Wildman–Crippen MR) is 632 cm³/mol. The van der Waals surface area contributed by atoms with Crippen molar-refractivity contribution in [1.82, 2.24) is 59.0 Å². The highest BCUT2D eigenvalue weighted by Gasteiger charge is 2.29. The number of rotatable bonds is 9. The maximum Gasteiger partial charge on any atom is 0.247 e. The first kappa shape index (κ1) is 108. The number of fused-ring (bicyclic) bond motifs is 6. The summed E-state index contributed by atoms with van der Waals surface area (Å²) in [5.74, 6) is 4.20. The number of aromatic nitrogens is 12. The summed E-state index contributed by atoms with van der Waals surface area (Å²) in [6.07, 6.45) is 7.40. The fraction of sp³-hybridized carbons (Fsp3) is 0.234. The standard InChI is InChI=1S/C25H23N.C19H19N.C18H19N3.C17H18N2.C16H17N.2C15H17N.C12H14N2O/c1-25(2,3)20-15-13-19(14-16-20)24-17-22(18-9-5-4-6-10-18)21-11-7-8-12-23(21)26-24;1-19(2,3)16-11-8-15(9-12-16)18-13-10-14-6-4-5-7-17(14)20-18;1-18(2,3)17-20-19-16(14-10-6-4-7-11-14)21(17)15-12-8-5-9-13-15;1-17(2,3)16-18-14-11-7-8-12-15(14)19(16)13-9-5-4-6-10-13;1-16(2,3)17-14-10-6-4-8-12(14)13-9-5-7-11-15(13)17;1-15(2,3)14-8-4-6-12(10-14)13-7-5-9-16-11-13;1-15(2,3)14-8-6-12(7-9-14)13-5-4-10-16-11-13;1-12(2,3)11-14-13-10(15-11)9-7-5-4-6-8-9/h4-17H,1-3H3;4-13H,1-3H3;4-13H,1-3H3;4-12H,1-3H3;4-11H,1-3H3;2*4-11H,1-3H3;4-8H,1-3H3. The van der Waals surface area contributed by atoms with Crippen LogP contribution >= 0.6 is 0 Å². The van der Waals surface area contributed by atoms with Crippen LogP contribution in [0, 0.1) is 0 Å². The number of hydrogen-bond acceptors (Lipinski definition) is 10. The Morgan fingerprint density at radius 2 is 0.627 bits per heavy atom. The molecule has 0 aliphatic heterocycles. The summed E-state index contributed by atoms with van der Waals surface area (Å²) in [6, 6.07) is 143. The number of imidazole rings is 1. The Kier molecular flexibility index (Phi) is 33.7. The van der Waals surface area contributed by atoms with Crippen molar-refractivity contribution in [3.8, 4) is 90.1 Å². The van der Waals surface area contributed by atoms with Gasteiger partial charge in [-0.3, -0.25) is 19.1 Å². The zero-order chi connectivity index (χ0) is 107. The minimum Gasteiger partial charge on any atom is -0.420 e. The van der Waals surface area contributed by atoms with E-state index in [9.17, 15) is 0 Å². The highest BCUT2D eigenvalue weighted by Crippen LogP contribution is 2.40. The average Bonchev–Trinajstić information content (AvgIpc) is 1.59. The maximum atomic E-state index is 5.61. The van der Waals surface area contributed by atoms with Gasteiger partial charge in [0.25, 0.3) is 0 Å². The first-order valence-electron chi connectivity index (χ1n) is 52.0. The Hall–Kier alpha value is -16.3. The molecule has 13 heteroatoms. The van der Waals surface area contributed by atoms with Crippen LogP contribution in [0.5, 0.6) is 0 Å². The maximum absolute atomic E-state index is 5.61. The normalized spacial score (nSPS) is 11.7. The van der Waals surface area contributed by atoms with Crippen molar-refractivity contribution >= 4 is 54.6 Å². The largest absolute Gasteiger partial charge is 0.420 e. The van der Waals surface area contributed by atoms with E-state index in [-0.39, 0.29) is 43.4 Å². The Labute approximate surface area is 888 Å². The third-order valence-electron chi connectivity index (χ3n) is 25.9. The van der Waals surface area contributed by atoms with Crippen LogP contribution in [-0.4, -0.2) is 59.0 Å². The lowest BCUT2D eigenvalue weighted by Crippen LogP contribution is -2.21. The molecule has 150 heavy (non-hydrogen) atoms. The Balaban J connectivity index is 0.000000129. The molecular weight excluding hydrogens is 1830 g/mol. The molecule has 0 fully saturated rings. The number of nitrogens with zero attached hydrogens (tertiary/aromatic N) is 12. The van der Waals surface area contributed by atoms with E-state index in [1.165, 1.54) is 105 Å². The summed E-state index contributed by atoms with van der Waals surface area (Å²) in [7, 11) is 0. The van der Waals surface area contributed by atoms with Gasteiger partial charge in [-0.05, 0) is 195 Å². The fourth-order valence-corrected chi connectivity index (χ4v) is 17.7. The van der Waals surface area contributed by atoms with Gasteiger partial charge in [-0.2, -0.15) is 0 Å². The molecule has 0 aliphatic carbocycles. The van der Waals surface area contributed by atoms with Crippen LogP contribution in [-0.2, 0) is 43.4 Å². The molecular formula is C137H144N12O. The van der Waals surface area contributed by atoms with Gasteiger partial charge >= 0.3 is 0 Å². The average molecular weight is 1970 g/mol. The van der Waals surface area contributed by atoms with Crippen molar-refractivity contribution in [2.24, 2.45) is 0 Å². The Bertz CT molecular complexity index is 8050. The van der Waals surface area contributed by atoms with Crippen LogP contribution in [0.4, 0.5) is 0 Å². The molecule has 22 aromatic rings. The monoisotopic (exact) mass is 1970 g/mol. The number of para-hydroxylation sites is 8. The van der Waals surface area contributed by atoms with E-state index in [1.54, 1.807) is 12.4 Å².